The molecule has 2 aromatic heterocycles. The summed E-state index contributed by atoms with van der Waals surface area (Å²) in [4.78, 5) is 16.6. The van der Waals surface area contributed by atoms with Crippen LogP contribution in [0.1, 0.15) is 10.5 Å². The molecule has 0 aliphatic heterocycles. The van der Waals surface area contributed by atoms with Crippen molar-refractivity contribution in [2.45, 2.75) is 0 Å². The molecule has 0 radical (unpaired) electrons. The first-order valence-corrected chi connectivity index (χ1v) is 4.88. The van der Waals surface area contributed by atoms with Gasteiger partial charge < -0.3 is 0 Å². The van der Waals surface area contributed by atoms with Gasteiger partial charge in [-0.2, -0.15) is 0 Å². The fourth-order valence-electron chi connectivity index (χ4n) is 0.925. The van der Waals surface area contributed by atoms with E-state index in [0.717, 1.165) is 0 Å². The van der Waals surface area contributed by atoms with Crippen LogP contribution in [-0.2, 0) is 0 Å². The summed E-state index contributed by atoms with van der Waals surface area (Å²) in [5.41, 5.74) is -0.0383. The molecule has 2 rings (SSSR count). The van der Waals surface area contributed by atoms with Crippen molar-refractivity contribution in [3.63, 3.8) is 0 Å². The molecule has 0 saturated carbocycles. The molecule has 2 heterocycles. The first-order chi connectivity index (χ1) is 5.70. The molecular weight excluding hydrogens is 230 g/mol. The van der Waals surface area contributed by atoms with Gasteiger partial charge in [0, 0.05) is 0 Å². The number of nitrogens with zero attached hydrogens (tertiary/aromatic N) is 1. The zero-order valence-electron chi connectivity index (χ0n) is 5.67. The minimum atomic E-state index is -1.28. The Balaban J connectivity index is 2.78. The van der Waals surface area contributed by atoms with E-state index in [1.807, 2.05) is 0 Å². The minimum absolute atomic E-state index is 0.163. The number of rotatable bonds is 1. The van der Waals surface area contributed by atoms with Crippen molar-refractivity contribution in [1.29, 1.82) is 0 Å². The Kier molecular flexibility index (Phi) is 1.52. The maximum atomic E-state index is 13.1. The number of carbonyl (C=O) groups is 1. The number of carboxylic acid groups (broad SMARTS) is 1. The van der Waals surface area contributed by atoms with Gasteiger partial charge in [-0.15, -0.1) is 0 Å². The van der Waals surface area contributed by atoms with Crippen LogP contribution < -0.4 is 0 Å². The van der Waals surface area contributed by atoms with E-state index < -0.39 is 17.5 Å². The first kappa shape index (κ1) is 7.52. The summed E-state index contributed by atoms with van der Waals surface area (Å²) in [5.74, 6) is -1.96. The summed E-state index contributed by atoms with van der Waals surface area (Å²) < 4.78 is 13.5. The molecule has 0 aliphatic rings. The number of hydrogen-bond donors (Lipinski definition) is 2. The molecule has 0 amide bonds. The van der Waals surface area contributed by atoms with Crippen LogP contribution in [-0.4, -0.2) is 35.5 Å². The average molecular weight is 233 g/mol. The van der Waals surface area contributed by atoms with Gasteiger partial charge in [0.2, 0.25) is 0 Å². The second-order valence-corrected chi connectivity index (χ2v) is 3.94. The summed E-state index contributed by atoms with van der Waals surface area (Å²) in [5, 5.41) is 10.1. The van der Waals surface area contributed by atoms with Gasteiger partial charge in [0.1, 0.15) is 0 Å². The Hall–Kier alpha value is -1.13. The van der Waals surface area contributed by atoms with Gasteiger partial charge in [0.15, 0.2) is 0 Å². The Bertz CT molecular complexity index is 447. The molecule has 2 aromatic rings. The third-order valence-corrected chi connectivity index (χ3v) is 3.16. The van der Waals surface area contributed by atoms with Crippen LogP contribution in [0.4, 0.5) is 4.39 Å². The van der Waals surface area contributed by atoms with Crippen LogP contribution in [0, 0.1) is 5.82 Å². The predicted molar refractivity (Wildman–Crippen MR) is 40.0 cm³/mol. The van der Waals surface area contributed by atoms with Crippen LogP contribution in [0.5, 0.6) is 0 Å². The number of aromatic carboxylic acids is 1. The van der Waals surface area contributed by atoms with Gasteiger partial charge >= 0.3 is 71.2 Å². The fourth-order valence-corrected chi connectivity index (χ4v) is 2.36. The number of halogens is 1. The molecule has 4 nitrogen and oxygen atoms in total. The van der Waals surface area contributed by atoms with Crippen molar-refractivity contribution in [2.24, 2.45) is 0 Å². The van der Waals surface area contributed by atoms with Gasteiger partial charge in [-0.3, -0.25) is 0 Å². The molecule has 0 aliphatic carbocycles. The van der Waals surface area contributed by atoms with E-state index >= 15 is 0 Å². The van der Waals surface area contributed by atoms with E-state index in [2.05, 4.69) is 9.97 Å². The molecule has 12 heavy (non-hydrogen) atoms. The molecule has 0 bridgehead atoms. The second kappa shape index (κ2) is 2.43. The Labute approximate surface area is 71.8 Å². The molecule has 62 valence electrons. The van der Waals surface area contributed by atoms with E-state index in [1.54, 1.807) is 5.07 Å². The number of aromatic nitrogens is 2. The zero-order valence-corrected chi connectivity index (χ0v) is 7.38. The SMILES string of the molecule is O=C(O)c1[nH]c2nc[se]c2c1F. The van der Waals surface area contributed by atoms with Crippen molar-refractivity contribution >= 4 is 30.4 Å². The van der Waals surface area contributed by atoms with Crippen molar-refractivity contribution in [3.8, 4) is 0 Å². The zero-order chi connectivity index (χ0) is 8.72. The van der Waals surface area contributed by atoms with Gasteiger partial charge in [0.05, 0.1) is 0 Å². The second-order valence-electron chi connectivity index (χ2n) is 2.15. The van der Waals surface area contributed by atoms with Gasteiger partial charge in [0.25, 0.3) is 0 Å². The molecular formula is C6H3FN2O2Se. The van der Waals surface area contributed by atoms with Crippen LogP contribution in [0.25, 0.3) is 9.91 Å². The van der Waals surface area contributed by atoms with Crippen molar-refractivity contribution < 1.29 is 14.3 Å². The molecule has 0 unspecified atom stereocenters. The number of aromatic amines is 1. The molecule has 0 spiro atoms. The number of nitrogens with one attached hydrogen (secondary N) is 1. The predicted octanol–water partition coefficient (Wildman–Crippen LogP) is 0.457. The van der Waals surface area contributed by atoms with Gasteiger partial charge in [-0.1, -0.05) is 0 Å². The quantitative estimate of drug-likeness (QED) is 0.703. The number of fused-ring (bicyclic) bond motifs is 1. The Morgan fingerprint density at radius 3 is 3.08 bits per heavy atom. The van der Waals surface area contributed by atoms with Crippen LogP contribution in [0.15, 0.2) is 5.07 Å². The fraction of sp³-hybridized carbons (Fsp3) is 0. The number of H-pyrrole nitrogens is 1. The molecule has 0 saturated heterocycles. The number of carboxylic acids is 1. The molecule has 0 aromatic carbocycles. The van der Waals surface area contributed by atoms with Crippen LogP contribution in [0.2, 0.25) is 0 Å². The van der Waals surface area contributed by atoms with E-state index in [4.69, 9.17) is 5.11 Å². The molecule has 0 fully saturated rings. The Morgan fingerprint density at radius 1 is 1.75 bits per heavy atom. The average Bonchev–Trinajstić information content (AvgIpc) is 2.53. The maximum absolute atomic E-state index is 13.1. The summed E-state index contributed by atoms with van der Waals surface area (Å²) in [6.45, 7) is 0. The monoisotopic (exact) mass is 234 g/mol. The van der Waals surface area contributed by atoms with E-state index in [0.29, 0.717) is 9.91 Å². The van der Waals surface area contributed by atoms with Crippen molar-refractivity contribution in [1.82, 2.24) is 9.97 Å². The summed E-state index contributed by atoms with van der Waals surface area (Å²) in [7, 11) is 0. The van der Waals surface area contributed by atoms with E-state index in [1.165, 1.54) is 0 Å². The molecule has 2 N–H and O–H groups in total. The van der Waals surface area contributed by atoms with E-state index in [9.17, 15) is 9.18 Å². The Morgan fingerprint density at radius 2 is 2.50 bits per heavy atom. The van der Waals surface area contributed by atoms with Crippen molar-refractivity contribution in [2.75, 3.05) is 0 Å². The molecule has 0 atom stereocenters. The molecule has 6 heteroatoms. The van der Waals surface area contributed by atoms with E-state index in [-0.39, 0.29) is 14.5 Å². The third kappa shape index (κ3) is 0.888. The van der Waals surface area contributed by atoms with Gasteiger partial charge in [-0.25, -0.2) is 0 Å². The summed E-state index contributed by atoms with van der Waals surface area (Å²) in [6, 6.07) is 0. The van der Waals surface area contributed by atoms with Crippen LogP contribution in [0.3, 0.4) is 0 Å². The first-order valence-electron chi connectivity index (χ1n) is 3.04. The summed E-state index contributed by atoms with van der Waals surface area (Å²) >= 11 is -0.163. The normalized spacial score (nSPS) is 10.8. The van der Waals surface area contributed by atoms with Crippen molar-refractivity contribution in [3.05, 3.63) is 16.6 Å². The van der Waals surface area contributed by atoms with Crippen LogP contribution >= 0.6 is 0 Å². The number of hydrogen-bond acceptors (Lipinski definition) is 2. The summed E-state index contributed by atoms with van der Waals surface area (Å²) in [6.07, 6.45) is 0. The topological polar surface area (TPSA) is 66.0 Å². The van der Waals surface area contributed by atoms with Gasteiger partial charge in [-0.05, 0) is 0 Å². The standard InChI is InChI=1S/C6H3FN2O2Se/c7-2-3(6(10)11)9-5-4(2)12-1-8-5/h1,9H,(H,10,11). The third-order valence-electron chi connectivity index (χ3n) is 1.44.